The summed E-state index contributed by atoms with van der Waals surface area (Å²) >= 11 is 0. The Balaban J connectivity index is 2.38. The van der Waals surface area contributed by atoms with Crippen molar-refractivity contribution >= 4 is 23.8 Å². The second-order valence-electron chi connectivity index (χ2n) is 4.32. The maximum atomic E-state index is 12.0. The van der Waals surface area contributed by atoms with Gasteiger partial charge in [0.05, 0.1) is 16.1 Å². The standard InChI is InChI=1S/C12H10N2O5/c1-7(6-15)5-13-11(16)9-3-2-8(14(18)19)4-10(9)12(13)17/h2-4,6-7H,5H2,1H3. The smallest absolute Gasteiger partial charge is 0.270 e. The van der Waals surface area contributed by atoms with Gasteiger partial charge in [0.1, 0.15) is 6.29 Å². The Morgan fingerprint density at radius 2 is 1.95 bits per heavy atom. The third-order valence-corrected chi connectivity index (χ3v) is 2.87. The van der Waals surface area contributed by atoms with Crippen molar-refractivity contribution in [3.63, 3.8) is 0 Å². The SMILES string of the molecule is CC(C=O)CN1C(=O)c2ccc([N+](=O)[O-])cc2C1=O. The lowest BCUT2D eigenvalue weighted by atomic mass is 10.1. The van der Waals surface area contributed by atoms with Gasteiger partial charge in [-0.15, -0.1) is 0 Å². The molecule has 0 fully saturated rings. The number of hydrogen-bond acceptors (Lipinski definition) is 5. The molecule has 0 spiro atoms. The van der Waals surface area contributed by atoms with Crippen LogP contribution >= 0.6 is 0 Å². The van der Waals surface area contributed by atoms with Crippen molar-refractivity contribution in [1.29, 1.82) is 0 Å². The van der Waals surface area contributed by atoms with Crippen molar-refractivity contribution in [3.05, 3.63) is 39.4 Å². The van der Waals surface area contributed by atoms with Gasteiger partial charge < -0.3 is 4.79 Å². The van der Waals surface area contributed by atoms with Crippen LogP contribution in [0.25, 0.3) is 0 Å². The Bertz CT molecular complexity index is 596. The highest BCUT2D eigenvalue weighted by Crippen LogP contribution is 2.27. The lowest BCUT2D eigenvalue weighted by Crippen LogP contribution is -2.34. The molecule has 1 aliphatic rings. The molecule has 0 aromatic heterocycles. The fourth-order valence-electron chi connectivity index (χ4n) is 1.89. The zero-order valence-corrected chi connectivity index (χ0v) is 10.0. The van der Waals surface area contributed by atoms with Crippen LogP contribution in [-0.4, -0.2) is 34.5 Å². The average molecular weight is 262 g/mol. The van der Waals surface area contributed by atoms with Crippen LogP contribution < -0.4 is 0 Å². The average Bonchev–Trinajstić information content (AvgIpc) is 2.63. The minimum atomic E-state index is -0.630. The number of imide groups is 1. The maximum absolute atomic E-state index is 12.0. The number of nitro benzene ring substituents is 1. The summed E-state index contributed by atoms with van der Waals surface area (Å²) in [4.78, 5) is 45.5. The zero-order chi connectivity index (χ0) is 14.2. The molecule has 0 saturated carbocycles. The van der Waals surface area contributed by atoms with Gasteiger partial charge in [0.2, 0.25) is 0 Å². The number of nitrogens with zero attached hydrogens (tertiary/aromatic N) is 2. The largest absolute Gasteiger partial charge is 0.303 e. The molecular weight excluding hydrogens is 252 g/mol. The minimum Gasteiger partial charge on any atom is -0.303 e. The van der Waals surface area contributed by atoms with Gasteiger partial charge in [-0.05, 0) is 6.07 Å². The molecule has 1 heterocycles. The van der Waals surface area contributed by atoms with E-state index in [2.05, 4.69) is 0 Å². The van der Waals surface area contributed by atoms with E-state index >= 15 is 0 Å². The van der Waals surface area contributed by atoms with Gasteiger partial charge in [0.15, 0.2) is 0 Å². The van der Waals surface area contributed by atoms with Gasteiger partial charge in [-0.3, -0.25) is 24.6 Å². The van der Waals surface area contributed by atoms with Crippen molar-refractivity contribution in [2.45, 2.75) is 6.92 Å². The number of non-ortho nitro benzene ring substituents is 1. The molecule has 1 atom stereocenters. The predicted molar refractivity (Wildman–Crippen MR) is 63.7 cm³/mol. The highest BCUT2D eigenvalue weighted by molar-refractivity contribution is 6.21. The molecule has 2 amide bonds. The monoisotopic (exact) mass is 262 g/mol. The molecule has 7 heteroatoms. The van der Waals surface area contributed by atoms with Crippen LogP contribution in [-0.2, 0) is 4.79 Å². The molecule has 0 radical (unpaired) electrons. The maximum Gasteiger partial charge on any atom is 0.270 e. The molecule has 1 aliphatic heterocycles. The number of carbonyl (C=O) groups excluding carboxylic acids is 3. The summed E-state index contributed by atoms with van der Waals surface area (Å²) < 4.78 is 0. The summed E-state index contributed by atoms with van der Waals surface area (Å²) in [6.07, 6.45) is 0.645. The fraction of sp³-hybridized carbons (Fsp3) is 0.250. The predicted octanol–water partition coefficient (Wildman–Crippen LogP) is 1.03. The number of benzene rings is 1. The second-order valence-corrected chi connectivity index (χ2v) is 4.32. The minimum absolute atomic E-state index is 0.0114. The fourth-order valence-corrected chi connectivity index (χ4v) is 1.89. The van der Waals surface area contributed by atoms with Gasteiger partial charge >= 0.3 is 0 Å². The molecule has 0 aliphatic carbocycles. The number of fused-ring (bicyclic) bond motifs is 1. The molecule has 7 nitrogen and oxygen atoms in total. The number of nitro groups is 1. The van der Waals surface area contributed by atoms with Gasteiger partial charge in [0, 0.05) is 24.6 Å². The molecule has 1 aromatic carbocycles. The van der Waals surface area contributed by atoms with Crippen LogP contribution in [0.1, 0.15) is 27.6 Å². The normalized spacial score (nSPS) is 15.3. The Morgan fingerprint density at radius 1 is 1.32 bits per heavy atom. The highest BCUT2D eigenvalue weighted by atomic mass is 16.6. The topological polar surface area (TPSA) is 97.6 Å². The molecule has 98 valence electrons. The van der Waals surface area contributed by atoms with Crippen molar-refractivity contribution in [1.82, 2.24) is 4.90 Å². The molecular formula is C12H10N2O5. The number of amides is 2. The molecule has 1 unspecified atom stereocenters. The van der Waals surface area contributed by atoms with Gasteiger partial charge in [0.25, 0.3) is 17.5 Å². The molecule has 0 bridgehead atoms. The second kappa shape index (κ2) is 4.60. The van der Waals surface area contributed by atoms with Gasteiger partial charge in [-0.25, -0.2) is 0 Å². The number of carbonyl (C=O) groups is 3. The zero-order valence-electron chi connectivity index (χ0n) is 10.0. The van der Waals surface area contributed by atoms with E-state index in [9.17, 15) is 24.5 Å². The third-order valence-electron chi connectivity index (χ3n) is 2.87. The first-order valence-electron chi connectivity index (χ1n) is 5.55. The first-order valence-corrected chi connectivity index (χ1v) is 5.55. The van der Waals surface area contributed by atoms with E-state index in [1.807, 2.05) is 0 Å². The van der Waals surface area contributed by atoms with Crippen molar-refractivity contribution in [3.8, 4) is 0 Å². The Hall–Kier alpha value is -2.57. The van der Waals surface area contributed by atoms with Crippen LogP contribution in [0.5, 0.6) is 0 Å². The summed E-state index contributed by atoms with van der Waals surface area (Å²) in [5.74, 6) is -1.60. The van der Waals surface area contributed by atoms with E-state index in [0.29, 0.717) is 6.29 Å². The first kappa shape index (κ1) is 12.9. The van der Waals surface area contributed by atoms with Crippen LogP contribution in [0, 0.1) is 16.0 Å². The summed E-state index contributed by atoms with van der Waals surface area (Å²) in [5, 5.41) is 10.6. The first-order chi connectivity index (χ1) is 8.95. The summed E-state index contributed by atoms with van der Waals surface area (Å²) in [6.45, 7) is 1.56. The van der Waals surface area contributed by atoms with Gasteiger partial charge in [-0.1, -0.05) is 6.92 Å². The summed E-state index contributed by atoms with van der Waals surface area (Å²) in [7, 11) is 0. The van der Waals surface area contributed by atoms with Crippen molar-refractivity contribution in [2.24, 2.45) is 5.92 Å². The molecule has 19 heavy (non-hydrogen) atoms. The number of rotatable bonds is 4. The molecule has 0 saturated heterocycles. The van der Waals surface area contributed by atoms with Crippen LogP contribution in [0.3, 0.4) is 0 Å². The van der Waals surface area contributed by atoms with Crippen LogP contribution in [0.4, 0.5) is 5.69 Å². The van der Waals surface area contributed by atoms with Crippen LogP contribution in [0.2, 0.25) is 0 Å². The van der Waals surface area contributed by atoms with E-state index < -0.39 is 22.7 Å². The number of aldehydes is 1. The van der Waals surface area contributed by atoms with Crippen LogP contribution in [0.15, 0.2) is 18.2 Å². The molecule has 0 N–H and O–H groups in total. The lowest BCUT2D eigenvalue weighted by Gasteiger charge is -2.15. The quantitative estimate of drug-likeness (QED) is 0.349. The van der Waals surface area contributed by atoms with Crippen molar-refractivity contribution < 1.29 is 19.3 Å². The molecule has 1 aromatic rings. The summed E-state index contributed by atoms with van der Waals surface area (Å²) in [6, 6.07) is 3.52. The van der Waals surface area contributed by atoms with Crippen molar-refractivity contribution in [2.75, 3.05) is 6.54 Å². The highest BCUT2D eigenvalue weighted by Gasteiger charge is 2.37. The lowest BCUT2D eigenvalue weighted by molar-refractivity contribution is -0.384. The Morgan fingerprint density at radius 3 is 2.53 bits per heavy atom. The Labute approximate surface area is 108 Å². The van der Waals surface area contributed by atoms with E-state index in [0.717, 1.165) is 11.0 Å². The Kier molecular flexibility index (Phi) is 3.12. The van der Waals surface area contributed by atoms with E-state index in [4.69, 9.17) is 0 Å². The summed E-state index contributed by atoms with van der Waals surface area (Å²) in [5.41, 5.74) is -0.101. The van der Waals surface area contributed by atoms with E-state index in [1.165, 1.54) is 12.1 Å². The number of hydrogen-bond donors (Lipinski definition) is 0. The van der Waals surface area contributed by atoms with E-state index in [-0.39, 0.29) is 23.4 Å². The van der Waals surface area contributed by atoms with E-state index in [1.54, 1.807) is 6.92 Å². The van der Waals surface area contributed by atoms with Gasteiger partial charge in [-0.2, -0.15) is 0 Å². The third kappa shape index (κ3) is 2.10. The molecule has 2 rings (SSSR count).